The molecule has 0 spiro atoms. The summed E-state index contributed by atoms with van der Waals surface area (Å²) in [6.07, 6.45) is 1.19. The summed E-state index contributed by atoms with van der Waals surface area (Å²) in [6.45, 7) is 4.42. The fourth-order valence-electron chi connectivity index (χ4n) is 1.70. The molecule has 0 bridgehead atoms. The number of sulfone groups is 1. The number of nitrogens with zero attached hydrogens (tertiary/aromatic N) is 1. The van der Waals surface area contributed by atoms with Crippen LogP contribution in [0.3, 0.4) is 0 Å². The van der Waals surface area contributed by atoms with Crippen LogP contribution in [0.15, 0.2) is 29.3 Å². The minimum absolute atomic E-state index is 0.0376. The molecule has 0 radical (unpaired) electrons. The summed E-state index contributed by atoms with van der Waals surface area (Å²) in [6, 6.07) is 7.56. The zero-order chi connectivity index (χ0) is 17.1. The second-order valence-electron chi connectivity index (χ2n) is 4.99. The van der Waals surface area contributed by atoms with E-state index in [0.29, 0.717) is 30.7 Å². The van der Waals surface area contributed by atoms with Crippen LogP contribution in [0.1, 0.15) is 12.5 Å². The highest BCUT2D eigenvalue weighted by Crippen LogP contribution is 2.11. The number of hydrogen-bond acceptors (Lipinski definition) is 4. The first-order valence-electron chi connectivity index (χ1n) is 7.43. The molecule has 1 rings (SSSR count). The van der Waals surface area contributed by atoms with Crippen LogP contribution in [0.5, 0.6) is 0 Å². The van der Waals surface area contributed by atoms with Gasteiger partial charge >= 0.3 is 0 Å². The van der Waals surface area contributed by atoms with Crippen molar-refractivity contribution in [2.24, 2.45) is 4.99 Å². The molecular weight excluding hydrogens is 338 g/mol. The molecule has 0 heterocycles. The Hall–Kier alpha value is -1.31. The van der Waals surface area contributed by atoms with Crippen LogP contribution in [0.25, 0.3) is 0 Å². The van der Waals surface area contributed by atoms with Crippen molar-refractivity contribution >= 4 is 27.4 Å². The topological polar surface area (TPSA) is 79.8 Å². The average molecular weight is 362 g/mol. The van der Waals surface area contributed by atoms with E-state index in [4.69, 9.17) is 16.3 Å². The molecule has 0 aliphatic carbocycles. The molecule has 23 heavy (non-hydrogen) atoms. The van der Waals surface area contributed by atoms with E-state index in [1.807, 2.05) is 31.2 Å². The highest BCUT2D eigenvalue weighted by atomic mass is 35.5. The van der Waals surface area contributed by atoms with E-state index in [9.17, 15) is 8.42 Å². The third-order valence-corrected chi connectivity index (χ3v) is 3.93. The standard InChI is InChI=1S/C15H24ClN3O3S/c1-3-17-15(18-7-8-22-9-10-23(2,20)21)19-12-13-5-4-6-14(16)11-13/h4-6,11H,3,7-10,12H2,1-2H3,(H2,17,18,19). The quantitative estimate of drug-likeness (QED) is 0.395. The van der Waals surface area contributed by atoms with Crippen LogP contribution < -0.4 is 10.6 Å². The molecule has 0 saturated heterocycles. The number of rotatable bonds is 9. The van der Waals surface area contributed by atoms with Gasteiger partial charge in [0.05, 0.1) is 25.5 Å². The Labute approximate surface area is 143 Å². The van der Waals surface area contributed by atoms with Crippen LogP contribution in [0.2, 0.25) is 5.02 Å². The van der Waals surface area contributed by atoms with Crippen molar-refractivity contribution in [1.29, 1.82) is 0 Å². The second-order valence-corrected chi connectivity index (χ2v) is 7.69. The zero-order valence-corrected chi connectivity index (χ0v) is 15.1. The van der Waals surface area contributed by atoms with Crippen LogP contribution >= 0.6 is 11.6 Å². The van der Waals surface area contributed by atoms with Crippen molar-refractivity contribution in [2.75, 3.05) is 38.3 Å². The van der Waals surface area contributed by atoms with E-state index >= 15 is 0 Å². The van der Waals surface area contributed by atoms with Gasteiger partial charge in [-0.05, 0) is 24.6 Å². The van der Waals surface area contributed by atoms with Crippen molar-refractivity contribution in [1.82, 2.24) is 10.6 Å². The van der Waals surface area contributed by atoms with Gasteiger partial charge in [0.15, 0.2) is 5.96 Å². The van der Waals surface area contributed by atoms with E-state index in [0.717, 1.165) is 12.1 Å². The van der Waals surface area contributed by atoms with Gasteiger partial charge in [-0.3, -0.25) is 0 Å². The molecule has 0 aliphatic rings. The molecule has 0 atom stereocenters. The van der Waals surface area contributed by atoms with Crippen molar-refractivity contribution < 1.29 is 13.2 Å². The van der Waals surface area contributed by atoms with Gasteiger partial charge < -0.3 is 15.4 Å². The van der Waals surface area contributed by atoms with Crippen LogP contribution in [0, 0.1) is 0 Å². The monoisotopic (exact) mass is 361 g/mol. The highest BCUT2D eigenvalue weighted by Gasteiger charge is 2.02. The molecule has 6 nitrogen and oxygen atoms in total. The largest absolute Gasteiger partial charge is 0.379 e. The number of hydrogen-bond donors (Lipinski definition) is 2. The van der Waals surface area contributed by atoms with Gasteiger partial charge in [-0.1, -0.05) is 23.7 Å². The molecule has 0 fully saturated rings. The smallest absolute Gasteiger partial charge is 0.191 e. The molecule has 0 unspecified atom stereocenters. The summed E-state index contributed by atoms with van der Waals surface area (Å²) in [7, 11) is -2.97. The van der Waals surface area contributed by atoms with Gasteiger partial charge in [-0.15, -0.1) is 0 Å². The lowest BCUT2D eigenvalue weighted by Crippen LogP contribution is -2.39. The molecule has 0 saturated carbocycles. The Morgan fingerprint density at radius 2 is 2.09 bits per heavy atom. The SMILES string of the molecule is CCNC(=NCc1cccc(Cl)c1)NCCOCCS(C)(=O)=O. The Kier molecular flexibility index (Phi) is 8.98. The third-order valence-electron chi connectivity index (χ3n) is 2.79. The molecule has 0 aliphatic heterocycles. The minimum atomic E-state index is -2.97. The Balaban J connectivity index is 2.35. The number of benzene rings is 1. The van der Waals surface area contributed by atoms with Gasteiger partial charge in [0.2, 0.25) is 0 Å². The van der Waals surface area contributed by atoms with E-state index in [2.05, 4.69) is 15.6 Å². The fourth-order valence-corrected chi connectivity index (χ4v) is 2.33. The summed E-state index contributed by atoms with van der Waals surface area (Å²) in [5.74, 6) is 0.717. The Morgan fingerprint density at radius 3 is 2.74 bits per heavy atom. The molecule has 2 N–H and O–H groups in total. The van der Waals surface area contributed by atoms with Gasteiger partial charge in [0.1, 0.15) is 9.84 Å². The fraction of sp³-hybridized carbons (Fsp3) is 0.533. The van der Waals surface area contributed by atoms with Crippen LogP contribution in [0.4, 0.5) is 0 Å². The summed E-state index contributed by atoms with van der Waals surface area (Å²) < 4.78 is 27.2. The summed E-state index contributed by atoms with van der Waals surface area (Å²) in [5, 5.41) is 6.96. The maximum Gasteiger partial charge on any atom is 0.191 e. The molecule has 1 aromatic rings. The highest BCUT2D eigenvalue weighted by molar-refractivity contribution is 7.90. The summed E-state index contributed by atoms with van der Waals surface area (Å²) in [5.41, 5.74) is 1.03. The van der Waals surface area contributed by atoms with Crippen molar-refractivity contribution in [3.05, 3.63) is 34.9 Å². The maximum absolute atomic E-state index is 11.0. The lowest BCUT2D eigenvalue weighted by atomic mass is 10.2. The predicted molar refractivity (Wildman–Crippen MR) is 94.8 cm³/mol. The van der Waals surface area contributed by atoms with Crippen molar-refractivity contribution in [2.45, 2.75) is 13.5 Å². The Morgan fingerprint density at radius 1 is 1.30 bits per heavy atom. The van der Waals surface area contributed by atoms with E-state index in [1.165, 1.54) is 6.26 Å². The molecular formula is C15H24ClN3O3S. The van der Waals surface area contributed by atoms with Gasteiger partial charge in [0, 0.05) is 24.4 Å². The molecule has 130 valence electrons. The van der Waals surface area contributed by atoms with Crippen LogP contribution in [-0.2, 0) is 21.1 Å². The van der Waals surface area contributed by atoms with Crippen molar-refractivity contribution in [3.63, 3.8) is 0 Å². The predicted octanol–water partition coefficient (Wildman–Crippen LogP) is 1.46. The van der Waals surface area contributed by atoms with E-state index < -0.39 is 9.84 Å². The molecule has 1 aromatic carbocycles. The van der Waals surface area contributed by atoms with Gasteiger partial charge in [-0.25, -0.2) is 13.4 Å². The molecule has 0 aromatic heterocycles. The van der Waals surface area contributed by atoms with E-state index in [-0.39, 0.29) is 12.4 Å². The lowest BCUT2D eigenvalue weighted by molar-refractivity contribution is 0.154. The molecule has 8 heteroatoms. The van der Waals surface area contributed by atoms with Gasteiger partial charge in [-0.2, -0.15) is 0 Å². The first-order chi connectivity index (χ1) is 10.9. The maximum atomic E-state index is 11.0. The minimum Gasteiger partial charge on any atom is -0.379 e. The number of halogens is 1. The molecule has 0 amide bonds. The zero-order valence-electron chi connectivity index (χ0n) is 13.5. The first-order valence-corrected chi connectivity index (χ1v) is 9.86. The summed E-state index contributed by atoms with van der Waals surface area (Å²) in [4.78, 5) is 4.47. The summed E-state index contributed by atoms with van der Waals surface area (Å²) >= 11 is 5.95. The Bertz CT molecular complexity index is 606. The number of nitrogens with one attached hydrogen (secondary N) is 2. The average Bonchev–Trinajstić information content (AvgIpc) is 2.47. The van der Waals surface area contributed by atoms with Gasteiger partial charge in [0.25, 0.3) is 0 Å². The number of aliphatic imine (C=N–C) groups is 1. The van der Waals surface area contributed by atoms with Crippen molar-refractivity contribution in [3.8, 4) is 0 Å². The first kappa shape index (κ1) is 19.7. The number of ether oxygens (including phenoxy) is 1. The second kappa shape index (κ2) is 10.5. The number of guanidine groups is 1. The van der Waals surface area contributed by atoms with Crippen LogP contribution in [-0.4, -0.2) is 52.7 Å². The third kappa shape index (κ3) is 10.1. The van der Waals surface area contributed by atoms with E-state index in [1.54, 1.807) is 0 Å². The lowest BCUT2D eigenvalue weighted by Gasteiger charge is -2.11. The normalized spacial score (nSPS) is 12.2.